The van der Waals surface area contributed by atoms with E-state index in [1.807, 2.05) is 26.0 Å². The molecule has 0 aromatic heterocycles. The largest absolute Gasteiger partial charge is 0.448 e. The molecule has 0 radical (unpaired) electrons. The van der Waals surface area contributed by atoms with Crippen LogP contribution in [-0.2, 0) is 26.0 Å². The smallest absolute Gasteiger partial charge is 0.410 e. The van der Waals surface area contributed by atoms with Crippen LogP contribution in [0, 0.1) is 0 Å². The van der Waals surface area contributed by atoms with E-state index in [4.69, 9.17) is 9.47 Å². The maximum absolute atomic E-state index is 12.5. The molecule has 0 bridgehead atoms. The van der Waals surface area contributed by atoms with Crippen molar-refractivity contribution in [2.45, 2.75) is 32.6 Å². The van der Waals surface area contributed by atoms with E-state index in [1.165, 1.54) is 4.31 Å². The lowest BCUT2D eigenvalue weighted by molar-refractivity contribution is -0.0440. The van der Waals surface area contributed by atoms with Crippen molar-refractivity contribution >= 4 is 27.8 Å². The Hall–Kier alpha value is -2.37. The molecular formula is C19H28N4O6S. The van der Waals surface area contributed by atoms with Crippen LogP contribution in [0.25, 0.3) is 0 Å². The summed E-state index contributed by atoms with van der Waals surface area (Å²) < 4.78 is 36.8. The molecule has 1 aromatic rings. The summed E-state index contributed by atoms with van der Waals surface area (Å²) in [6, 6.07) is 6.59. The van der Waals surface area contributed by atoms with Crippen LogP contribution in [0.5, 0.6) is 0 Å². The number of sulfonamides is 1. The number of amides is 3. The highest BCUT2D eigenvalue weighted by Crippen LogP contribution is 2.15. The second kappa shape index (κ2) is 9.63. The molecule has 11 heteroatoms. The molecule has 2 saturated heterocycles. The first-order valence-corrected chi connectivity index (χ1v) is 11.5. The number of nitrogens with zero attached hydrogens (tertiary/aromatic N) is 2. The van der Waals surface area contributed by atoms with Crippen molar-refractivity contribution in [1.82, 2.24) is 14.5 Å². The first-order chi connectivity index (χ1) is 14.2. The third-order valence-electron chi connectivity index (χ3n) is 4.86. The van der Waals surface area contributed by atoms with Crippen LogP contribution in [-0.4, -0.2) is 80.5 Å². The van der Waals surface area contributed by atoms with Crippen molar-refractivity contribution in [1.29, 1.82) is 0 Å². The molecule has 2 fully saturated rings. The summed E-state index contributed by atoms with van der Waals surface area (Å²) >= 11 is 0. The molecular weight excluding hydrogens is 412 g/mol. The van der Waals surface area contributed by atoms with E-state index >= 15 is 0 Å². The van der Waals surface area contributed by atoms with E-state index < -0.39 is 16.1 Å². The maximum atomic E-state index is 12.5. The Morgan fingerprint density at radius 2 is 1.83 bits per heavy atom. The van der Waals surface area contributed by atoms with E-state index in [1.54, 1.807) is 17.0 Å². The fraction of sp³-hybridized carbons (Fsp3) is 0.579. The van der Waals surface area contributed by atoms with Gasteiger partial charge in [0.25, 0.3) is 0 Å². The third kappa shape index (κ3) is 6.07. The molecule has 2 atom stereocenters. The number of carbonyl (C=O) groups excluding carboxylic acids is 2. The summed E-state index contributed by atoms with van der Waals surface area (Å²) in [5.41, 5.74) is 1.49. The molecule has 1 aromatic carbocycles. The van der Waals surface area contributed by atoms with Crippen LogP contribution in [0.15, 0.2) is 24.3 Å². The molecule has 3 rings (SSSR count). The minimum atomic E-state index is -3.47. The number of nitrogens with one attached hydrogen (secondary N) is 2. The molecule has 2 N–H and O–H groups in total. The number of rotatable bonds is 7. The standard InChI is InChI=1S/C19H28N4O6S/c1-14-11-23(12-15(2)29-14)30(26,27)10-7-20-18(24)21-17-5-3-16(4-6-17)13-22-8-9-28-19(22)25/h3-6,14-15H,7-13H2,1-2H3,(H2,20,21,24). The summed E-state index contributed by atoms with van der Waals surface area (Å²) in [7, 11) is -3.47. The molecule has 2 aliphatic rings. The normalized spacial score (nSPS) is 22.6. The van der Waals surface area contributed by atoms with Gasteiger partial charge < -0.3 is 25.0 Å². The molecule has 0 aliphatic carbocycles. The highest BCUT2D eigenvalue weighted by molar-refractivity contribution is 7.89. The molecule has 0 saturated carbocycles. The number of anilines is 1. The highest BCUT2D eigenvalue weighted by atomic mass is 32.2. The fourth-order valence-electron chi connectivity index (χ4n) is 3.44. The van der Waals surface area contributed by atoms with Crippen LogP contribution in [0.1, 0.15) is 19.4 Å². The van der Waals surface area contributed by atoms with Gasteiger partial charge in [0.2, 0.25) is 10.0 Å². The van der Waals surface area contributed by atoms with Crippen molar-refractivity contribution in [3.8, 4) is 0 Å². The first-order valence-electron chi connectivity index (χ1n) is 9.92. The molecule has 166 valence electrons. The van der Waals surface area contributed by atoms with Crippen molar-refractivity contribution in [3.05, 3.63) is 29.8 Å². The Kier molecular flexibility index (Phi) is 7.16. The monoisotopic (exact) mass is 440 g/mol. The van der Waals surface area contributed by atoms with E-state index in [0.717, 1.165) is 5.56 Å². The second-order valence-corrected chi connectivity index (χ2v) is 9.59. The van der Waals surface area contributed by atoms with Gasteiger partial charge in [0.05, 0.1) is 24.5 Å². The number of urea groups is 1. The zero-order chi connectivity index (χ0) is 21.7. The van der Waals surface area contributed by atoms with Gasteiger partial charge in [-0.3, -0.25) is 0 Å². The Bertz CT molecular complexity index is 850. The summed E-state index contributed by atoms with van der Waals surface area (Å²) in [5.74, 6) is -0.176. The van der Waals surface area contributed by atoms with E-state index in [-0.39, 0.29) is 30.6 Å². The Labute approximate surface area is 176 Å². The number of hydrogen-bond donors (Lipinski definition) is 2. The molecule has 10 nitrogen and oxygen atoms in total. The van der Waals surface area contributed by atoms with E-state index in [0.29, 0.717) is 38.5 Å². The Morgan fingerprint density at radius 3 is 2.43 bits per heavy atom. The van der Waals surface area contributed by atoms with E-state index in [9.17, 15) is 18.0 Å². The van der Waals surface area contributed by atoms with Crippen molar-refractivity contribution < 1.29 is 27.5 Å². The number of cyclic esters (lactones) is 1. The second-order valence-electron chi connectivity index (χ2n) is 7.50. The summed E-state index contributed by atoms with van der Waals surface area (Å²) in [6.07, 6.45) is -0.634. The van der Waals surface area contributed by atoms with Gasteiger partial charge in [-0.05, 0) is 31.5 Å². The number of morpholine rings is 1. The van der Waals surface area contributed by atoms with Gasteiger partial charge in [-0.2, -0.15) is 4.31 Å². The van der Waals surface area contributed by atoms with Gasteiger partial charge in [-0.15, -0.1) is 0 Å². The molecule has 2 aliphatic heterocycles. The van der Waals surface area contributed by atoms with Crippen molar-refractivity contribution in [3.63, 3.8) is 0 Å². The predicted octanol–water partition coefficient (Wildman–Crippen LogP) is 1.20. The van der Waals surface area contributed by atoms with Crippen LogP contribution in [0.2, 0.25) is 0 Å². The van der Waals surface area contributed by atoms with Gasteiger partial charge in [-0.1, -0.05) is 12.1 Å². The average Bonchev–Trinajstić information content (AvgIpc) is 3.07. The summed E-state index contributed by atoms with van der Waals surface area (Å²) in [4.78, 5) is 25.1. The first kappa shape index (κ1) is 22.3. The predicted molar refractivity (Wildman–Crippen MR) is 111 cm³/mol. The van der Waals surface area contributed by atoms with Gasteiger partial charge >= 0.3 is 12.1 Å². The lowest BCUT2D eigenvalue weighted by Crippen LogP contribution is -2.49. The molecule has 3 amide bonds. The average molecular weight is 441 g/mol. The van der Waals surface area contributed by atoms with Crippen LogP contribution in [0.3, 0.4) is 0 Å². The quantitative estimate of drug-likeness (QED) is 0.658. The SMILES string of the molecule is CC1CN(S(=O)(=O)CCNC(=O)Nc2ccc(CN3CCOC3=O)cc2)CC(C)O1. The summed E-state index contributed by atoms with van der Waals surface area (Å²) in [6.45, 7) is 5.73. The van der Waals surface area contributed by atoms with Gasteiger partial charge in [0.1, 0.15) is 6.61 Å². The lowest BCUT2D eigenvalue weighted by atomic mass is 10.2. The fourth-order valence-corrected chi connectivity index (χ4v) is 4.93. The number of benzene rings is 1. The van der Waals surface area contributed by atoms with E-state index in [2.05, 4.69) is 10.6 Å². The minimum absolute atomic E-state index is 0.00341. The van der Waals surface area contributed by atoms with Crippen molar-refractivity contribution in [2.24, 2.45) is 0 Å². The highest BCUT2D eigenvalue weighted by Gasteiger charge is 2.30. The lowest BCUT2D eigenvalue weighted by Gasteiger charge is -2.34. The topological polar surface area (TPSA) is 117 Å². The maximum Gasteiger partial charge on any atom is 0.410 e. The third-order valence-corrected chi connectivity index (χ3v) is 6.66. The van der Waals surface area contributed by atoms with Crippen LogP contribution >= 0.6 is 0 Å². The number of ether oxygens (including phenoxy) is 2. The molecule has 2 unspecified atom stereocenters. The van der Waals surface area contributed by atoms with Gasteiger partial charge in [-0.25, -0.2) is 18.0 Å². The van der Waals surface area contributed by atoms with Crippen molar-refractivity contribution in [2.75, 3.05) is 43.9 Å². The molecule has 0 spiro atoms. The number of hydrogen-bond acceptors (Lipinski definition) is 6. The molecule has 2 heterocycles. The Balaban J connectivity index is 1.42. The minimum Gasteiger partial charge on any atom is -0.448 e. The Morgan fingerprint density at radius 1 is 1.17 bits per heavy atom. The van der Waals surface area contributed by atoms with Crippen LogP contribution < -0.4 is 10.6 Å². The van der Waals surface area contributed by atoms with Gasteiger partial charge in [0, 0.05) is 31.9 Å². The number of carbonyl (C=O) groups is 2. The molecule has 30 heavy (non-hydrogen) atoms. The van der Waals surface area contributed by atoms with Crippen LogP contribution in [0.4, 0.5) is 15.3 Å². The zero-order valence-electron chi connectivity index (χ0n) is 17.2. The summed E-state index contributed by atoms with van der Waals surface area (Å²) in [5, 5.41) is 5.24. The zero-order valence-corrected chi connectivity index (χ0v) is 18.0. The van der Waals surface area contributed by atoms with Gasteiger partial charge in [0.15, 0.2) is 0 Å².